The van der Waals surface area contributed by atoms with E-state index in [0.717, 1.165) is 22.6 Å². The van der Waals surface area contributed by atoms with Crippen LogP contribution in [0.1, 0.15) is 22.7 Å². The molecule has 0 saturated carbocycles. The molecule has 0 radical (unpaired) electrons. The van der Waals surface area contributed by atoms with E-state index in [1.807, 2.05) is 30.3 Å². The molecule has 2 aromatic rings. The molecule has 0 fully saturated rings. The van der Waals surface area contributed by atoms with Gasteiger partial charge >= 0.3 is 0 Å². The van der Waals surface area contributed by atoms with Crippen LogP contribution in [0, 0.1) is 6.92 Å². The summed E-state index contributed by atoms with van der Waals surface area (Å²) in [7, 11) is 0. The van der Waals surface area contributed by atoms with Crippen LogP contribution in [0.5, 0.6) is 11.5 Å². The molecule has 0 saturated heterocycles. The number of hydrogen-bond donors (Lipinski definition) is 1. The minimum absolute atomic E-state index is 0.142. The molecule has 3 nitrogen and oxygen atoms in total. The molecule has 98 valence electrons. The molecule has 2 aromatic carbocycles. The van der Waals surface area contributed by atoms with E-state index in [-0.39, 0.29) is 6.04 Å². The zero-order valence-corrected chi connectivity index (χ0v) is 10.9. The summed E-state index contributed by atoms with van der Waals surface area (Å²) >= 11 is 0. The summed E-state index contributed by atoms with van der Waals surface area (Å²) in [5, 5.41) is 0. The summed E-state index contributed by atoms with van der Waals surface area (Å²) < 4.78 is 11.1. The molecule has 1 unspecified atom stereocenters. The second kappa shape index (κ2) is 4.94. The Balaban J connectivity index is 1.96. The number of hydrogen-bond acceptors (Lipinski definition) is 3. The van der Waals surface area contributed by atoms with Crippen molar-refractivity contribution < 1.29 is 9.47 Å². The van der Waals surface area contributed by atoms with Crippen LogP contribution in [0.25, 0.3) is 0 Å². The van der Waals surface area contributed by atoms with E-state index < -0.39 is 0 Å². The molecule has 19 heavy (non-hydrogen) atoms. The maximum Gasteiger partial charge on any atom is 0.161 e. The van der Waals surface area contributed by atoms with E-state index in [0.29, 0.717) is 13.2 Å². The lowest BCUT2D eigenvalue weighted by Gasteiger charge is -2.21. The van der Waals surface area contributed by atoms with Crippen molar-refractivity contribution in [2.45, 2.75) is 13.0 Å². The van der Waals surface area contributed by atoms with Gasteiger partial charge in [-0.3, -0.25) is 0 Å². The monoisotopic (exact) mass is 255 g/mol. The molecule has 0 aliphatic carbocycles. The summed E-state index contributed by atoms with van der Waals surface area (Å²) in [4.78, 5) is 0. The lowest BCUT2D eigenvalue weighted by Crippen LogP contribution is -2.17. The number of aryl methyl sites for hydroxylation is 1. The fourth-order valence-corrected chi connectivity index (χ4v) is 2.37. The van der Waals surface area contributed by atoms with Crippen LogP contribution in [0.2, 0.25) is 0 Å². The Bertz CT molecular complexity index is 595. The fraction of sp³-hybridized carbons (Fsp3) is 0.250. The first-order chi connectivity index (χ1) is 9.25. The van der Waals surface area contributed by atoms with Crippen molar-refractivity contribution in [2.24, 2.45) is 5.73 Å². The van der Waals surface area contributed by atoms with E-state index in [2.05, 4.69) is 19.1 Å². The second-order valence-corrected chi connectivity index (χ2v) is 4.74. The van der Waals surface area contributed by atoms with Gasteiger partial charge in [-0.25, -0.2) is 0 Å². The van der Waals surface area contributed by atoms with Gasteiger partial charge in [0.1, 0.15) is 13.2 Å². The average molecular weight is 255 g/mol. The molecule has 3 heteroatoms. The van der Waals surface area contributed by atoms with Crippen LogP contribution < -0.4 is 15.2 Å². The smallest absolute Gasteiger partial charge is 0.161 e. The van der Waals surface area contributed by atoms with Crippen LogP contribution in [-0.2, 0) is 0 Å². The predicted molar refractivity (Wildman–Crippen MR) is 74.6 cm³/mol. The number of benzene rings is 2. The molecule has 1 aliphatic rings. The lowest BCUT2D eigenvalue weighted by molar-refractivity contribution is 0.171. The standard InChI is InChI=1S/C16H17NO2/c1-11-4-2-3-5-13(11)16(17)12-6-7-14-15(10-12)19-9-8-18-14/h2-7,10,16H,8-9,17H2,1H3. The van der Waals surface area contributed by atoms with Crippen molar-refractivity contribution in [3.63, 3.8) is 0 Å². The molecule has 0 bridgehead atoms. The summed E-state index contributed by atoms with van der Waals surface area (Å²) in [6.45, 7) is 3.28. The van der Waals surface area contributed by atoms with Crippen molar-refractivity contribution in [1.29, 1.82) is 0 Å². The Labute approximate surface area is 113 Å². The van der Waals surface area contributed by atoms with Crippen molar-refractivity contribution in [1.82, 2.24) is 0 Å². The van der Waals surface area contributed by atoms with Crippen LogP contribution >= 0.6 is 0 Å². The van der Waals surface area contributed by atoms with Gasteiger partial charge in [-0.05, 0) is 35.7 Å². The minimum atomic E-state index is -0.142. The number of fused-ring (bicyclic) bond motifs is 1. The van der Waals surface area contributed by atoms with Gasteiger partial charge < -0.3 is 15.2 Å². The highest BCUT2D eigenvalue weighted by molar-refractivity contribution is 5.47. The highest BCUT2D eigenvalue weighted by Crippen LogP contribution is 2.34. The van der Waals surface area contributed by atoms with Gasteiger partial charge in [-0.15, -0.1) is 0 Å². The Morgan fingerprint density at radius 2 is 1.74 bits per heavy atom. The van der Waals surface area contributed by atoms with Gasteiger partial charge in [0.25, 0.3) is 0 Å². The fourth-order valence-electron chi connectivity index (χ4n) is 2.37. The zero-order chi connectivity index (χ0) is 13.2. The average Bonchev–Trinajstić information content (AvgIpc) is 2.46. The topological polar surface area (TPSA) is 44.5 Å². The van der Waals surface area contributed by atoms with Gasteiger partial charge in [-0.2, -0.15) is 0 Å². The van der Waals surface area contributed by atoms with E-state index in [1.165, 1.54) is 5.56 Å². The van der Waals surface area contributed by atoms with E-state index in [9.17, 15) is 0 Å². The molecule has 0 spiro atoms. The Morgan fingerprint density at radius 3 is 2.53 bits per heavy atom. The molecular weight excluding hydrogens is 238 g/mol. The summed E-state index contributed by atoms with van der Waals surface area (Å²) in [6.07, 6.45) is 0. The first-order valence-electron chi connectivity index (χ1n) is 6.46. The first kappa shape index (κ1) is 12.1. The number of ether oxygens (including phenoxy) is 2. The van der Waals surface area contributed by atoms with Crippen molar-refractivity contribution in [3.05, 3.63) is 59.2 Å². The maximum atomic E-state index is 6.35. The number of nitrogens with two attached hydrogens (primary N) is 1. The predicted octanol–water partition coefficient (Wildman–Crippen LogP) is 2.81. The summed E-state index contributed by atoms with van der Waals surface area (Å²) in [6, 6.07) is 14.0. The van der Waals surface area contributed by atoms with Gasteiger partial charge in [0.2, 0.25) is 0 Å². The molecule has 1 heterocycles. The summed E-state index contributed by atoms with van der Waals surface area (Å²) in [5.41, 5.74) is 9.73. The van der Waals surface area contributed by atoms with E-state index >= 15 is 0 Å². The van der Waals surface area contributed by atoms with E-state index in [1.54, 1.807) is 0 Å². The highest BCUT2D eigenvalue weighted by atomic mass is 16.6. The van der Waals surface area contributed by atoms with Gasteiger partial charge in [0.15, 0.2) is 11.5 Å². The van der Waals surface area contributed by atoms with Gasteiger partial charge in [-0.1, -0.05) is 30.3 Å². The Kier molecular flexibility index (Phi) is 3.13. The van der Waals surface area contributed by atoms with Gasteiger partial charge in [0.05, 0.1) is 6.04 Å². The molecule has 1 aliphatic heterocycles. The second-order valence-electron chi connectivity index (χ2n) is 4.74. The number of rotatable bonds is 2. The summed E-state index contributed by atoms with van der Waals surface area (Å²) in [5.74, 6) is 1.58. The van der Waals surface area contributed by atoms with Crippen LogP contribution in [0.4, 0.5) is 0 Å². The third-order valence-corrected chi connectivity index (χ3v) is 3.45. The molecule has 0 aromatic heterocycles. The molecular formula is C16H17NO2. The molecule has 0 amide bonds. The van der Waals surface area contributed by atoms with E-state index in [4.69, 9.17) is 15.2 Å². The highest BCUT2D eigenvalue weighted by Gasteiger charge is 2.16. The van der Waals surface area contributed by atoms with Crippen molar-refractivity contribution in [2.75, 3.05) is 13.2 Å². The minimum Gasteiger partial charge on any atom is -0.486 e. The Hall–Kier alpha value is -2.00. The van der Waals surface area contributed by atoms with Crippen LogP contribution in [0.3, 0.4) is 0 Å². The first-order valence-corrected chi connectivity index (χ1v) is 6.46. The Morgan fingerprint density at radius 1 is 1.00 bits per heavy atom. The largest absolute Gasteiger partial charge is 0.486 e. The SMILES string of the molecule is Cc1ccccc1C(N)c1ccc2c(c1)OCCO2. The van der Waals surface area contributed by atoms with Crippen molar-refractivity contribution in [3.8, 4) is 11.5 Å². The van der Waals surface area contributed by atoms with Crippen LogP contribution in [-0.4, -0.2) is 13.2 Å². The quantitative estimate of drug-likeness (QED) is 0.897. The zero-order valence-electron chi connectivity index (χ0n) is 10.9. The van der Waals surface area contributed by atoms with Crippen LogP contribution in [0.15, 0.2) is 42.5 Å². The third-order valence-electron chi connectivity index (χ3n) is 3.45. The molecule has 3 rings (SSSR count). The van der Waals surface area contributed by atoms with Gasteiger partial charge in [0, 0.05) is 0 Å². The molecule has 2 N–H and O–H groups in total. The maximum absolute atomic E-state index is 6.35. The third kappa shape index (κ3) is 2.29. The van der Waals surface area contributed by atoms with Crippen molar-refractivity contribution >= 4 is 0 Å². The molecule has 1 atom stereocenters. The lowest BCUT2D eigenvalue weighted by atomic mass is 9.95. The normalized spacial score (nSPS) is 15.1.